The second kappa shape index (κ2) is 7.12. The van der Waals surface area contributed by atoms with Crippen LogP contribution < -0.4 is 4.90 Å². The van der Waals surface area contributed by atoms with Gasteiger partial charge in [0.25, 0.3) is 0 Å². The van der Waals surface area contributed by atoms with Crippen LogP contribution in [0.4, 0.5) is 5.95 Å². The molecule has 26 heavy (non-hydrogen) atoms. The van der Waals surface area contributed by atoms with Crippen molar-refractivity contribution in [2.45, 2.75) is 38.7 Å². The Morgan fingerprint density at radius 2 is 2.08 bits per heavy atom. The van der Waals surface area contributed by atoms with Crippen LogP contribution in [0.15, 0.2) is 6.20 Å². The van der Waals surface area contributed by atoms with E-state index >= 15 is 0 Å². The summed E-state index contributed by atoms with van der Waals surface area (Å²) in [6.45, 7) is 9.91. The van der Waals surface area contributed by atoms with Gasteiger partial charge in [-0.3, -0.25) is 4.79 Å². The predicted octanol–water partition coefficient (Wildman–Crippen LogP) is 1.36. The molecule has 0 N–H and O–H groups in total. The van der Waals surface area contributed by atoms with Crippen LogP contribution in [0.3, 0.4) is 0 Å². The van der Waals surface area contributed by atoms with Crippen molar-refractivity contribution in [3.05, 3.63) is 17.5 Å². The third-order valence-corrected chi connectivity index (χ3v) is 5.57. The minimum Gasteiger partial charge on any atom is -0.378 e. The summed E-state index contributed by atoms with van der Waals surface area (Å²) in [7, 11) is 0. The maximum Gasteiger partial charge on any atom is 0.225 e. The fourth-order valence-corrected chi connectivity index (χ4v) is 4.18. The van der Waals surface area contributed by atoms with Gasteiger partial charge in [0, 0.05) is 44.4 Å². The fraction of sp³-hybridized carbons (Fsp3) is 0.737. The first kappa shape index (κ1) is 17.7. The van der Waals surface area contributed by atoms with Gasteiger partial charge in [-0.05, 0) is 12.3 Å². The van der Waals surface area contributed by atoms with Crippen molar-refractivity contribution in [1.29, 1.82) is 0 Å². The van der Waals surface area contributed by atoms with Crippen LogP contribution in [0.1, 0.15) is 37.9 Å². The highest BCUT2D eigenvalue weighted by Gasteiger charge is 2.46. The Bertz CT molecular complexity index is 675. The number of hydrogen-bond donors (Lipinski definition) is 0. The van der Waals surface area contributed by atoms with Gasteiger partial charge in [0.2, 0.25) is 11.9 Å². The van der Waals surface area contributed by atoms with Crippen molar-refractivity contribution >= 4 is 11.9 Å². The van der Waals surface area contributed by atoms with Gasteiger partial charge in [0.1, 0.15) is 0 Å². The van der Waals surface area contributed by atoms with Crippen LogP contribution in [0.25, 0.3) is 0 Å². The first-order valence-electron chi connectivity index (χ1n) is 9.62. The Labute approximate surface area is 154 Å². The van der Waals surface area contributed by atoms with E-state index in [0.717, 1.165) is 43.3 Å². The van der Waals surface area contributed by atoms with Crippen LogP contribution in [0.5, 0.6) is 0 Å². The summed E-state index contributed by atoms with van der Waals surface area (Å²) in [5.74, 6) is 1.40. The van der Waals surface area contributed by atoms with E-state index in [1.165, 1.54) is 0 Å². The van der Waals surface area contributed by atoms with Crippen LogP contribution in [0, 0.1) is 5.92 Å². The lowest BCUT2D eigenvalue weighted by molar-refractivity contribution is -0.131. The molecule has 1 amide bonds. The summed E-state index contributed by atoms with van der Waals surface area (Å²) in [5.41, 5.74) is 1.95. The third-order valence-electron chi connectivity index (χ3n) is 5.57. The van der Waals surface area contributed by atoms with Crippen molar-refractivity contribution in [3.8, 4) is 0 Å². The quantitative estimate of drug-likeness (QED) is 0.811. The minimum absolute atomic E-state index is 0.190. The van der Waals surface area contributed by atoms with E-state index < -0.39 is 0 Å². The van der Waals surface area contributed by atoms with Gasteiger partial charge >= 0.3 is 0 Å². The molecule has 1 aromatic rings. The molecule has 142 valence electrons. The molecule has 3 aliphatic heterocycles. The number of fused-ring (bicyclic) bond motifs is 2. The molecule has 2 fully saturated rings. The molecule has 3 aliphatic rings. The number of ether oxygens (including phenoxy) is 2. The largest absolute Gasteiger partial charge is 0.378 e. The van der Waals surface area contributed by atoms with Crippen LogP contribution in [0.2, 0.25) is 0 Å². The molecule has 1 atom stereocenters. The highest BCUT2D eigenvalue weighted by atomic mass is 16.5. The Kier molecular flexibility index (Phi) is 4.84. The van der Waals surface area contributed by atoms with Gasteiger partial charge < -0.3 is 19.3 Å². The van der Waals surface area contributed by atoms with E-state index in [-0.39, 0.29) is 11.3 Å². The predicted molar refractivity (Wildman–Crippen MR) is 97.1 cm³/mol. The van der Waals surface area contributed by atoms with Gasteiger partial charge in [-0.25, -0.2) is 9.97 Å². The Balaban J connectivity index is 1.59. The molecular weight excluding hydrogens is 332 g/mol. The molecule has 7 heteroatoms. The fourth-order valence-electron chi connectivity index (χ4n) is 4.18. The number of likely N-dealkylation sites (tertiary alicyclic amines) is 1. The van der Waals surface area contributed by atoms with Crippen molar-refractivity contribution in [2.24, 2.45) is 5.92 Å². The highest BCUT2D eigenvalue weighted by molar-refractivity contribution is 5.77. The van der Waals surface area contributed by atoms with Crippen molar-refractivity contribution < 1.29 is 14.3 Å². The molecule has 4 heterocycles. The summed E-state index contributed by atoms with van der Waals surface area (Å²) in [6, 6.07) is 0. The molecule has 7 nitrogen and oxygen atoms in total. The van der Waals surface area contributed by atoms with Crippen LogP contribution >= 0.6 is 0 Å². The summed E-state index contributed by atoms with van der Waals surface area (Å²) in [5, 5.41) is 0. The lowest BCUT2D eigenvalue weighted by Gasteiger charge is -2.35. The number of rotatable bonds is 3. The third kappa shape index (κ3) is 3.30. The van der Waals surface area contributed by atoms with E-state index in [1.807, 2.05) is 11.1 Å². The maximum absolute atomic E-state index is 12.5. The number of aromatic nitrogens is 2. The lowest BCUT2D eigenvalue weighted by Crippen LogP contribution is -2.43. The molecule has 2 saturated heterocycles. The zero-order valence-corrected chi connectivity index (χ0v) is 15.7. The van der Waals surface area contributed by atoms with Gasteiger partial charge in [0.05, 0.1) is 37.5 Å². The van der Waals surface area contributed by atoms with Crippen molar-refractivity contribution in [2.75, 3.05) is 50.9 Å². The normalized spacial score (nSPS) is 25.8. The number of nitrogens with zero attached hydrogens (tertiary/aromatic N) is 4. The van der Waals surface area contributed by atoms with E-state index in [2.05, 4.69) is 23.7 Å². The monoisotopic (exact) mass is 360 g/mol. The minimum atomic E-state index is -0.190. The summed E-state index contributed by atoms with van der Waals surface area (Å²) >= 11 is 0. The van der Waals surface area contributed by atoms with Gasteiger partial charge in [-0.1, -0.05) is 13.8 Å². The average Bonchev–Trinajstić information content (AvgIpc) is 3.07. The van der Waals surface area contributed by atoms with Gasteiger partial charge in [-0.15, -0.1) is 0 Å². The summed E-state index contributed by atoms with van der Waals surface area (Å²) in [6.07, 6.45) is 3.42. The molecule has 4 rings (SSSR count). The molecule has 0 aromatic carbocycles. The first-order chi connectivity index (χ1) is 12.6. The first-order valence-corrected chi connectivity index (χ1v) is 9.62. The van der Waals surface area contributed by atoms with Crippen LogP contribution in [-0.2, 0) is 26.3 Å². The number of carbonyl (C=O) groups excluding carboxylic acids is 1. The SMILES string of the molecule is CC(C)CC(=O)N1CCC2(COCc3cnc(N4CCOCC4)nc32)C1. The molecule has 0 saturated carbocycles. The molecule has 1 aromatic heterocycles. The van der Waals surface area contributed by atoms with Gasteiger partial charge in [0.15, 0.2) is 0 Å². The standard InChI is InChI=1S/C19H28N4O3/c1-14(2)9-16(24)23-4-3-19(12-23)13-26-11-15-10-20-18(21-17(15)19)22-5-7-25-8-6-22/h10,14H,3-9,11-13H2,1-2H3. The molecule has 0 aliphatic carbocycles. The van der Waals surface area contributed by atoms with Gasteiger partial charge in [-0.2, -0.15) is 0 Å². The average molecular weight is 360 g/mol. The molecular formula is C19H28N4O3. The van der Waals surface area contributed by atoms with Crippen LogP contribution in [-0.4, -0.2) is 66.8 Å². The smallest absolute Gasteiger partial charge is 0.225 e. The number of hydrogen-bond acceptors (Lipinski definition) is 6. The van der Waals surface area contributed by atoms with E-state index in [9.17, 15) is 4.79 Å². The maximum atomic E-state index is 12.5. The number of carbonyl (C=O) groups is 1. The Morgan fingerprint density at radius 1 is 1.27 bits per heavy atom. The van der Waals surface area contributed by atoms with E-state index in [4.69, 9.17) is 14.5 Å². The summed E-state index contributed by atoms with van der Waals surface area (Å²) in [4.78, 5) is 26.2. The molecule has 1 unspecified atom stereocenters. The highest BCUT2D eigenvalue weighted by Crippen LogP contribution is 2.39. The Morgan fingerprint density at radius 3 is 2.85 bits per heavy atom. The zero-order chi connectivity index (χ0) is 18.1. The van der Waals surface area contributed by atoms with E-state index in [1.54, 1.807) is 0 Å². The van der Waals surface area contributed by atoms with E-state index in [0.29, 0.717) is 45.3 Å². The lowest BCUT2D eigenvalue weighted by atomic mass is 9.80. The second-order valence-electron chi connectivity index (χ2n) is 8.08. The molecule has 1 spiro atoms. The number of amides is 1. The van der Waals surface area contributed by atoms with Crippen molar-refractivity contribution in [1.82, 2.24) is 14.9 Å². The number of morpholine rings is 1. The molecule has 0 radical (unpaired) electrons. The van der Waals surface area contributed by atoms with Crippen molar-refractivity contribution in [3.63, 3.8) is 0 Å². The topological polar surface area (TPSA) is 67.8 Å². The Hall–Kier alpha value is -1.73. The number of anilines is 1. The summed E-state index contributed by atoms with van der Waals surface area (Å²) < 4.78 is 11.3. The second-order valence-corrected chi connectivity index (χ2v) is 8.08. The zero-order valence-electron chi connectivity index (χ0n) is 15.7. The molecule has 0 bridgehead atoms.